The first-order valence-corrected chi connectivity index (χ1v) is 7.56. The number of aromatic carboxylic acids is 1. The molecule has 2 heterocycles. The van der Waals surface area contributed by atoms with Crippen LogP contribution in [0.3, 0.4) is 0 Å². The van der Waals surface area contributed by atoms with Crippen molar-refractivity contribution in [3.05, 3.63) is 10.9 Å². The van der Waals surface area contributed by atoms with Gasteiger partial charge in [-0.1, -0.05) is 0 Å². The fourth-order valence-corrected chi connectivity index (χ4v) is 2.78. The molecule has 2 rings (SSSR count). The molecule has 0 unspecified atom stereocenters. The molecule has 23 heavy (non-hydrogen) atoms. The Bertz CT molecular complexity index is 595. The Morgan fingerprint density at radius 1 is 1.30 bits per heavy atom. The third kappa shape index (κ3) is 3.81. The van der Waals surface area contributed by atoms with Crippen LogP contribution in [0.4, 0.5) is 13.2 Å². The molecule has 5 nitrogen and oxygen atoms in total. The molecule has 1 aromatic heterocycles. The van der Waals surface area contributed by atoms with E-state index in [1.54, 1.807) is 0 Å². The third-order valence-corrected chi connectivity index (χ3v) is 4.91. The Kier molecular flexibility index (Phi) is 4.46. The number of carbonyl (C=O) groups is 1. The topological polar surface area (TPSA) is 65.0 Å². The minimum Gasteiger partial charge on any atom is -0.482 e. The van der Waals surface area contributed by atoms with Gasteiger partial charge in [0, 0.05) is 4.78 Å². The molecule has 0 spiro atoms. The number of halogens is 3. The van der Waals surface area contributed by atoms with E-state index >= 15 is 0 Å². The smallest absolute Gasteiger partial charge is 0.482 e. The van der Waals surface area contributed by atoms with Crippen LogP contribution in [0.5, 0.6) is 5.75 Å². The summed E-state index contributed by atoms with van der Waals surface area (Å²) in [5.41, 5.74) is -1.28. The summed E-state index contributed by atoms with van der Waals surface area (Å²) in [6.07, 6.45) is -4.55. The number of carboxylic acids is 1. The fourth-order valence-electron chi connectivity index (χ4n) is 1.88. The molecule has 0 aromatic carbocycles. The normalized spacial score (nSPS) is 19.9. The number of hydrogen-bond donors (Lipinski definition) is 1. The summed E-state index contributed by atoms with van der Waals surface area (Å²) < 4.78 is 53.3. The SMILES string of the molecule is CC1(C)OB(c2cc(OCC(F)(F)F)c(C(=O)O)s2)OC1(C)C. The average molecular weight is 352 g/mol. The number of thiophene rings is 1. The maximum atomic E-state index is 12.3. The Morgan fingerprint density at radius 2 is 1.83 bits per heavy atom. The Hall–Kier alpha value is -1.26. The van der Waals surface area contributed by atoms with Crippen LogP contribution in [0.2, 0.25) is 0 Å². The Morgan fingerprint density at radius 3 is 2.26 bits per heavy atom. The summed E-state index contributed by atoms with van der Waals surface area (Å²) in [4.78, 5) is 10.9. The van der Waals surface area contributed by atoms with E-state index in [0.717, 1.165) is 11.3 Å². The zero-order valence-corrected chi connectivity index (χ0v) is 13.8. The van der Waals surface area contributed by atoms with Gasteiger partial charge in [-0.3, -0.25) is 0 Å². The number of carboxylic acid groups (broad SMARTS) is 1. The molecule has 0 amide bonds. The molecule has 10 heteroatoms. The van der Waals surface area contributed by atoms with Crippen LogP contribution in [0.1, 0.15) is 37.4 Å². The number of alkyl halides is 3. The third-order valence-electron chi connectivity index (χ3n) is 3.79. The van der Waals surface area contributed by atoms with Crippen molar-refractivity contribution in [2.24, 2.45) is 0 Å². The van der Waals surface area contributed by atoms with Gasteiger partial charge in [-0.15, -0.1) is 11.3 Å². The van der Waals surface area contributed by atoms with Gasteiger partial charge < -0.3 is 19.2 Å². The second-order valence-electron chi connectivity index (χ2n) is 6.14. The predicted octanol–water partition coefficient (Wildman–Crippen LogP) is 2.69. The minimum absolute atomic E-state index is 0.320. The van der Waals surface area contributed by atoms with Crippen molar-refractivity contribution >= 4 is 29.2 Å². The molecule has 0 saturated carbocycles. The predicted molar refractivity (Wildman–Crippen MR) is 78.5 cm³/mol. The molecule has 1 aliphatic rings. The molecule has 1 aromatic rings. The maximum absolute atomic E-state index is 12.3. The molecule has 0 radical (unpaired) electrons. The van der Waals surface area contributed by atoms with Crippen LogP contribution in [0.15, 0.2) is 6.07 Å². The van der Waals surface area contributed by atoms with E-state index in [1.807, 2.05) is 27.7 Å². The molecule has 1 fully saturated rings. The molecule has 0 bridgehead atoms. The van der Waals surface area contributed by atoms with Gasteiger partial charge in [-0.2, -0.15) is 13.2 Å². The van der Waals surface area contributed by atoms with Crippen molar-refractivity contribution in [3.63, 3.8) is 0 Å². The van der Waals surface area contributed by atoms with Crippen LogP contribution in [-0.4, -0.2) is 42.2 Å². The molecular formula is C13H16BF3O5S. The molecule has 0 atom stereocenters. The average Bonchev–Trinajstić information content (AvgIpc) is 2.86. The highest BCUT2D eigenvalue weighted by molar-refractivity contribution is 7.24. The quantitative estimate of drug-likeness (QED) is 0.845. The largest absolute Gasteiger partial charge is 0.505 e. The highest BCUT2D eigenvalue weighted by atomic mass is 32.1. The summed E-state index contributed by atoms with van der Waals surface area (Å²) in [7, 11) is -0.855. The lowest BCUT2D eigenvalue weighted by Gasteiger charge is -2.32. The van der Waals surface area contributed by atoms with E-state index in [4.69, 9.17) is 14.4 Å². The molecule has 1 saturated heterocycles. The number of ether oxygens (including phenoxy) is 1. The van der Waals surface area contributed by atoms with Crippen LogP contribution >= 0.6 is 11.3 Å². The van der Waals surface area contributed by atoms with Gasteiger partial charge >= 0.3 is 19.3 Å². The first-order valence-electron chi connectivity index (χ1n) is 6.74. The monoisotopic (exact) mass is 352 g/mol. The van der Waals surface area contributed by atoms with Gasteiger partial charge in [0.2, 0.25) is 0 Å². The van der Waals surface area contributed by atoms with E-state index in [1.165, 1.54) is 6.07 Å². The molecule has 1 N–H and O–H groups in total. The molecule has 128 valence electrons. The van der Waals surface area contributed by atoms with Gasteiger partial charge in [0.15, 0.2) is 11.5 Å². The Balaban J connectivity index is 2.26. The van der Waals surface area contributed by atoms with Crippen molar-refractivity contribution in [2.45, 2.75) is 45.1 Å². The van der Waals surface area contributed by atoms with E-state index in [2.05, 4.69) is 4.74 Å². The van der Waals surface area contributed by atoms with Gasteiger partial charge in [0.25, 0.3) is 0 Å². The van der Waals surface area contributed by atoms with E-state index in [-0.39, 0.29) is 10.6 Å². The first-order chi connectivity index (χ1) is 10.3. The molecular weight excluding hydrogens is 336 g/mol. The van der Waals surface area contributed by atoms with Crippen LogP contribution in [0.25, 0.3) is 0 Å². The lowest BCUT2D eigenvalue weighted by Crippen LogP contribution is -2.41. The molecule has 1 aliphatic heterocycles. The first kappa shape index (κ1) is 18.1. The van der Waals surface area contributed by atoms with Crippen molar-refractivity contribution in [3.8, 4) is 5.75 Å². The number of hydrogen-bond acceptors (Lipinski definition) is 5. The highest BCUT2D eigenvalue weighted by Gasteiger charge is 2.52. The van der Waals surface area contributed by atoms with Crippen LogP contribution in [-0.2, 0) is 9.31 Å². The maximum Gasteiger partial charge on any atom is 0.505 e. The zero-order chi connectivity index (χ0) is 17.6. The van der Waals surface area contributed by atoms with Gasteiger partial charge in [0.1, 0.15) is 5.75 Å². The van der Waals surface area contributed by atoms with Crippen molar-refractivity contribution in [2.75, 3.05) is 6.61 Å². The van der Waals surface area contributed by atoms with Crippen LogP contribution in [0, 0.1) is 0 Å². The molecule has 0 aliphatic carbocycles. The lowest BCUT2D eigenvalue weighted by molar-refractivity contribution is -0.153. The summed E-state index contributed by atoms with van der Waals surface area (Å²) in [5, 5.41) is 9.12. The fraction of sp³-hybridized carbons (Fsp3) is 0.615. The van der Waals surface area contributed by atoms with Crippen molar-refractivity contribution < 1.29 is 37.1 Å². The van der Waals surface area contributed by atoms with E-state index in [9.17, 15) is 18.0 Å². The standard InChI is InChI=1S/C13H16BF3O5S/c1-11(2)12(3,4)22-14(21-11)8-5-7(9(23-8)10(18)19)20-6-13(15,16)17/h5H,6H2,1-4H3,(H,18,19). The summed E-state index contributed by atoms with van der Waals surface area (Å²) in [6, 6.07) is 1.22. The number of rotatable bonds is 4. The van der Waals surface area contributed by atoms with Gasteiger partial charge in [-0.05, 0) is 33.8 Å². The van der Waals surface area contributed by atoms with E-state index in [0.29, 0.717) is 4.78 Å². The van der Waals surface area contributed by atoms with Crippen LogP contribution < -0.4 is 9.51 Å². The highest BCUT2D eigenvalue weighted by Crippen LogP contribution is 2.38. The summed E-state index contributed by atoms with van der Waals surface area (Å²) in [6.45, 7) is 5.71. The minimum atomic E-state index is -4.55. The van der Waals surface area contributed by atoms with Gasteiger partial charge in [-0.25, -0.2) is 4.79 Å². The lowest BCUT2D eigenvalue weighted by atomic mass is 9.88. The second-order valence-corrected chi connectivity index (χ2v) is 7.22. The Labute approximate surface area is 135 Å². The van der Waals surface area contributed by atoms with Gasteiger partial charge in [0.05, 0.1) is 11.2 Å². The van der Waals surface area contributed by atoms with Crippen molar-refractivity contribution in [1.29, 1.82) is 0 Å². The van der Waals surface area contributed by atoms with E-state index < -0.39 is 37.1 Å². The second kappa shape index (κ2) is 5.68. The summed E-state index contributed by atoms with van der Waals surface area (Å²) in [5.74, 6) is -1.71. The van der Waals surface area contributed by atoms with Crippen molar-refractivity contribution in [1.82, 2.24) is 0 Å². The summed E-state index contributed by atoms with van der Waals surface area (Å²) >= 11 is 0.775. The zero-order valence-electron chi connectivity index (χ0n) is 13.0.